The summed E-state index contributed by atoms with van der Waals surface area (Å²) in [5.74, 6) is 1.59. The maximum absolute atomic E-state index is 14.7. The van der Waals surface area contributed by atoms with Crippen LogP contribution in [0.4, 0.5) is 4.39 Å². The number of phenols is 1. The van der Waals surface area contributed by atoms with E-state index in [2.05, 4.69) is 5.32 Å². The number of hydrogen-bond donors (Lipinski definition) is 3. The zero-order chi connectivity index (χ0) is 22.1. The van der Waals surface area contributed by atoms with Crippen molar-refractivity contribution < 1.29 is 29.0 Å². The van der Waals surface area contributed by atoms with E-state index in [1.807, 2.05) is 54.7 Å². The van der Waals surface area contributed by atoms with Crippen molar-refractivity contribution in [2.75, 3.05) is 13.4 Å². The predicted molar refractivity (Wildman–Crippen MR) is 117 cm³/mol. The summed E-state index contributed by atoms with van der Waals surface area (Å²) in [5.41, 5.74) is 2.92. The van der Waals surface area contributed by atoms with Crippen LogP contribution in [0.1, 0.15) is 35.8 Å². The number of quaternary nitrogens is 1. The monoisotopic (exact) mass is 435 g/mol. The van der Waals surface area contributed by atoms with Crippen molar-refractivity contribution in [3.63, 3.8) is 0 Å². The molecule has 3 aromatic rings. The predicted octanol–water partition coefficient (Wildman–Crippen LogP) is 3.61. The van der Waals surface area contributed by atoms with Crippen LogP contribution in [0.2, 0.25) is 0 Å². The lowest BCUT2D eigenvalue weighted by molar-refractivity contribution is -0.731. The molecule has 0 radical (unpaired) electrons. The number of fused-ring (bicyclic) bond motifs is 1. The molecule has 2 unspecified atom stereocenters. The first-order chi connectivity index (χ1) is 15.6. The molecule has 6 nitrogen and oxygen atoms in total. The second-order valence-electron chi connectivity index (χ2n) is 7.64. The second-order valence-corrected chi connectivity index (χ2v) is 7.64. The number of phenolic OH excluding ortho intramolecular Hbond substituents is 1. The summed E-state index contributed by atoms with van der Waals surface area (Å²) in [6, 6.07) is 17.6. The molecule has 32 heavy (non-hydrogen) atoms. The SMILES string of the molecule is CCOc1cccc(C2C=C(c3ccc4c(c3)OCO4)NC(c3ccccc3F)[NH2+]2)c1O. The van der Waals surface area contributed by atoms with Crippen LogP contribution in [-0.2, 0) is 0 Å². The van der Waals surface area contributed by atoms with Gasteiger partial charge < -0.3 is 30.0 Å². The highest BCUT2D eigenvalue weighted by atomic mass is 19.1. The fourth-order valence-corrected chi connectivity index (χ4v) is 4.13. The van der Waals surface area contributed by atoms with E-state index < -0.39 is 6.17 Å². The molecule has 0 saturated heterocycles. The van der Waals surface area contributed by atoms with E-state index in [-0.39, 0.29) is 24.4 Å². The van der Waals surface area contributed by atoms with E-state index in [4.69, 9.17) is 14.2 Å². The Morgan fingerprint density at radius 2 is 1.88 bits per heavy atom. The lowest BCUT2D eigenvalue weighted by Gasteiger charge is -2.30. The summed E-state index contributed by atoms with van der Waals surface area (Å²) >= 11 is 0. The van der Waals surface area contributed by atoms with Crippen LogP contribution in [0.25, 0.3) is 5.70 Å². The average Bonchev–Trinajstić information content (AvgIpc) is 3.28. The fourth-order valence-electron chi connectivity index (χ4n) is 4.13. The highest BCUT2D eigenvalue weighted by Gasteiger charge is 2.32. The van der Waals surface area contributed by atoms with Crippen LogP contribution in [-0.4, -0.2) is 18.5 Å². The molecule has 164 valence electrons. The molecule has 0 aliphatic carbocycles. The topological polar surface area (TPSA) is 76.6 Å². The van der Waals surface area contributed by atoms with Crippen molar-refractivity contribution >= 4 is 5.70 Å². The third-order valence-electron chi connectivity index (χ3n) is 5.67. The van der Waals surface area contributed by atoms with Gasteiger partial charge in [0.2, 0.25) is 6.79 Å². The second kappa shape index (κ2) is 8.43. The van der Waals surface area contributed by atoms with Gasteiger partial charge in [0.05, 0.1) is 17.7 Å². The molecule has 2 atom stereocenters. The molecule has 0 amide bonds. The van der Waals surface area contributed by atoms with Crippen molar-refractivity contribution in [3.8, 4) is 23.0 Å². The van der Waals surface area contributed by atoms with Gasteiger partial charge in [-0.3, -0.25) is 0 Å². The lowest BCUT2D eigenvalue weighted by Crippen LogP contribution is -2.90. The Labute approximate surface area is 185 Å². The molecule has 5 rings (SSSR count). The van der Waals surface area contributed by atoms with E-state index in [9.17, 15) is 9.50 Å². The number of aromatic hydroxyl groups is 1. The highest BCUT2D eigenvalue weighted by molar-refractivity contribution is 5.69. The van der Waals surface area contributed by atoms with Crippen LogP contribution in [0.15, 0.2) is 66.7 Å². The van der Waals surface area contributed by atoms with Crippen molar-refractivity contribution in [1.29, 1.82) is 0 Å². The molecule has 0 aromatic heterocycles. The highest BCUT2D eigenvalue weighted by Crippen LogP contribution is 2.38. The van der Waals surface area contributed by atoms with Crippen molar-refractivity contribution in [3.05, 3.63) is 89.2 Å². The third-order valence-corrected chi connectivity index (χ3v) is 5.67. The van der Waals surface area contributed by atoms with Crippen LogP contribution in [0, 0.1) is 5.82 Å². The molecule has 3 aromatic carbocycles. The van der Waals surface area contributed by atoms with E-state index in [0.29, 0.717) is 35.0 Å². The molecule has 0 spiro atoms. The maximum Gasteiger partial charge on any atom is 0.231 e. The van der Waals surface area contributed by atoms with Gasteiger partial charge in [-0.05, 0) is 49.4 Å². The first-order valence-electron chi connectivity index (χ1n) is 10.6. The van der Waals surface area contributed by atoms with Crippen molar-refractivity contribution in [2.45, 2.75) is 19.1 Å². The first kappa shape index (κ1) is 20.2. The number of benzene rings is 3. The van der Waals surface area contributed by atoms with Gasteiger partial charge in [-0.1, -0.05) is 18.2 Å². The number of hydrogen-bond acceptors (Lipinski definition) is 5. The number of para-hydroxylation sites is 1. The van der Waals surface area contributed by atoms with Crippen LogP contribution in [0.5, 0.6) is 23.0 Å². The fraction of sp³-hybridized carbons (Fsp3) is 0.200. The smallest absolute Gasteiger partial charge is 0.231 e. The van der Waals surface area contributed by atoms with E-state index in [1.165, 1.54) is 6.07 Å². The van der Waals surface area contributed by atoms with Gasteiger partial charge in [-0.2, -0.15) is 0 Å². The minimum Gasteiger partial charge on any atom is -0.504 e. The lowest BCUT2D eigenvalue weighted by atomic mass is 9.97. The molecular formula is C25H24FN2O4+. The first-order valence-corrected chi connectivity index (χ1v) is 10.6. The van der Waals surface area contributed by atoms with Crippen molar-refractivity contribution in [1.82, 2.24) is 5.32 Å². The summed E-state index contributed by atoms with van der Waals surface area (Å²) in [6.07, 6.45) is 1.61. The quantitative estimate of drug-likeness (QED) is 0.571. The normalized spacial score (nSPS) is 19.2. The zero-order valence-electron chi connectivity index (χ0n) is 17.5. The molecular weight excluding hydrogens is 411 g/mol. The number of ether oxygens (including phenoxy) is 3. The van der Waals surface area contributed by atoms with E-state index in [1.54, 1.807) is 18.2 Å². The van der Waals surface area contributed by atoms with Gasteiger partial charge in [0.1, 0.15) is 11.9 Å². The van der Waals surface area contributed by atoms with Crippen LogP contribution < -0.4 is 24.8 Å². The maximum atomic E-state index is 14.7. The Bertz CT molecular complexity index is 1180. The van der Waals surface area contributed by atoms with E-state index >= 15 is 0 Å². The zero-order valence-corrected chi connectivity index (χ0v) is 17.5. The summed E-state index contributed by atoms with van der Waals surface area (Å²) in [4.78, 5) is 0. The van der Waals surface area contributed by atoms with Crippen LogP contribution >= 0.6 is 0 Å². The van der Waals surface area contributed by atoms with Gasteiger partial charge in [0, 0.05) is 17.3 Å². The summed E-state index contributed by atoms with van der Waals surface area (Å²) in [5, 5.41) is 16.3. The molecule has 0 saturated carbocycles. The summed E-state index contributed by atoms with van der Waals surface area (Å²) < 4.78 is 31.2. The molecule has 2 aliphatic heterocycles. The number of rotatable bonds is 5. The third kappa shape index (κ3) is 3.71. The van der Waals surface area contributed by atoms with Crippen molar-refractivity contribution in [2.24, 2.45) is 0 Å². The Hall–Kier alpha value is -3.71. The number of nitrogens with one attached hydrogen (secondary N) is 1. The average molecular weight is 435 g/mol. The molecule has 2 aliphatic rings. The van der Waals surface area contributed by atoms with Gasteiger partial charge in [0.25, 0.3) is 0 Å². The standard InChI is InChI=1S/C25H23FN2O4/c1-2-30-22-9-5-7-17(24(22)29)20-13-19(15-10-11-21-23(12-15)32-14-31-21)27-25(28-20)16-6-3-4-8-18(16)26/h3-13,20,25,27-29H,2,14H2,1H3/p+1. The van der Waals surface area contributed by atoms with Gasteiger partial charge in [0.15, 0.2) is 29.2 Å². The minimum atomic E-state index is -0.401. The Balaban J connectivity index is 1.58. The largest absolute Gasteiger partial charge is 0.504 e. The summed E-state index contributed by atoms with van der Waals surface area (Å²) in [6.45, 7) is 2.51. The molecule has 2 heterocycles. The Kier molecular flexibility index (Phi) is 5.33. The number of nitrogens with two attached hydrogens (primary N) is 1. The molecule has 0 fully saturated rings. The summed E-state index contributed by atoms with van der Waals surface area (Å²) in [7, 11) is 0. The van der Waals surface area contributed by atoms with Crippen LogP contribution in [0.3, 0.4) is 0 Å². The van der Waals surface area contributed by atoms with Gasteiger partial charge >= 0.3 is 0 Å². The van der Waals surface area contributed by atoms with Gasteiger partial charge in [-0.25, -0.2) is 4.39 Å². The number of halogens is 1. The molecule has 0 bridgehead atoms. The minimum absolute atomic E-state index is 0.0890. The Morgan fingerprint density at radius 1 is 1.06 bits per heavy atom. The van der Waals surface area contributed by atoms with Gasteiger partial charge in [-0.15, -0.1) is 0 Å². The Morgan fingerprint density at radius 3 is 2.72 bits per heavy atom. The molecule has 7 heteroatoms. The molecule has 4 N–H and O–H groups in total. The van der Waals surface area contributed by atoms with E-state index in [0.717, 1.165) is 11.3 Å².